The van der Waals surface area contributed by atoms with E-state index in [2.05, 4.69) is 17.0 Å². The molecule has 0 saturated carbocycles. The zero-order valence-corrected chi connectivity index (χ0v) is 14.4. The predicted octanol–water partition coefficient (Wildman–Crippen LogP) is 1.61. The van der Waals surface area contributed by atoms with Gasteiger partial charge >= 0.3 is 0 Å². The molecule has 6 nitrogen and oxygen atoms in total. The van der Waals surface area contributed by atoms with Crippen molar-refractivity contribution in [3.05, 3.63) is 29.6 Å². The number of likely N-dealkylation sites (tertiary alicyclic amines) is 1. The summed E-state index contributed by atoms with van der Waals surface area (Å²) in [6, 6.07) is 6.25. The second-order valence-corrected chi connectivity index (χ2v) is 6.32. The molecule has 2 aliphatic rings. The van der Waals surface area contributed by atoms with Crippen molar-refractivity contribution in [1.29, 1.82) is 0 Å². The molecule has 24 heavy (non-hydrogen) atoms. The van der Waals surface area contributed by atoms with Gasteiger partial charge in [-0.2, -0.15) is 0 Å². The Morgan fingerprint density at radius 3 is 2.96 bits per heavy atom. The number of hydrogen-bond acceptors (Lipinski definition) is 5. The van der Waals surface area contributed by atoms with Crippen LogP contribution in [0.15, 0.2) is 18.2 Å². The fourth-order valence-corrected chi connectivity index (χ4v) is 3.41. The van der Waals surface area contributed by atoms with Gasteiger partial charge in [-0.3, -0.25) is 14.7 Å². The second-order valence-electron chi connectivity index (χ2n) is 6.32. The first kappa shape index (κ1) is 17.3. The van der Waals surface area contributed by atoms with Crippen molar-refractivity contribution < 1.29 is 14.3 Å². The van der Waals surface area contributed by atoms with Gasteiger partial charge < -0.3 is 14.4 Å². The van der Waals surface area contributed by atoms with Gasteiger partial charge in [-0.25, -0.2) is 0 Å². The molecule has 0 spiro atoms. The van der Waals surface area contributed by atoms with Crippen LogP contribution in [0, 0.1) is 0 Å². The van der Waals surface area contributed by atoms with E-state index in [0.717, 1.165) is 63.6 Å². The van der Waals surface area contributed by atoms with Gasteiger partial charge in [0.25, 0.3) is 0 Å². The lowest BCUT2D eigenvalue weighted by molar-refractivity contribution is -0.137. The molecule has 3 heterocycles. The van der Waals surface area contributed by atoms with Crippen molar-refractivity contribution in [2.24, 2.45) is 0 Å². The molecule has 2 aliphatic heterocycles. The SMILES string of the molecule is CCOCC(=O)N1CCC[C@@H]1c1cccc(CN2CCOCC2)n1. The molecule has 0 aliphatic carbocycles. The Morgan fingerprint density at radius 2 is 2.17 bits per heavy atom. The summed E-state index contributed by atoms with van der Waals surface area (Å²) in [5, 5.41) is 0. The first-order chi connectivity index (χ1) is 11.8. The van der Waals surface area contributed by atoms with Crippen molar-refractivity contribution in [3.63, 3.8) is 0 Å². The van der Waals surface area contributed by atoms with Gasteiger partial charge in [0, 0.05) is 32.8 Å². The minimum absolute atomic E-state index is 0.0692. The summed E-state index contributed by atoms with van der Waals surface area (Å²) in [6.45, 7) is 7.78. The van der Waals surface area contributed by atoms with Crippen LogP contribution >= 0.6 is 0 Å². The lowest BCUT2D eigenvalue weighted by atomic mass is 10.1. The highest BCUT2D eigenvalue weighted by Gasteiger charge is 2.30. The van der Waals surface area contributed by atoms with E-state index in [0.29, 0.717) is 6.61 Å². The third kappa shape index (κ3) is 4.32. The number of morpholine rings is 1. The number of amides is 1. The van der Waals surface area contributed by atoms with Gasteiger partial charge in [0.05, 0.1) is 30.6 Å². The maximum absolute atomic E-state index is 12.3. The summed E-state index contributed by atoms with van der Waals surface area (Å²) >= 11 is 0. The lowest BCUT2D eigenvalue weighted by Crippen LogP contribution is -2.36. The van der Waals surface area contributed by atoms with Gasteiger partial charge in [0.2, 0.25) is 5.91 Å². The van der Waals surface area contributed by atoms with Gasteiger partial charge in [0.15, 0.2) is 0 Å². The molecule has 0 unspecified atom stereocenters. The first-order valence-electron chi connectivity index (χ1n) is 8.91. The number of aromatic nitrogens is 1. The number of nitrogens with zero attached hydrogens (tertiary/aromatic N) is 3. The topological polar surface area (TPSA) is 54.9 Å². The minimum atomic E-state index is 0.0692. The van der Waals surface area contributed by atoms with Gasteiger partial charge in [0.1, 0.15) is 6.61 Å². The number of pyridine rings is 1. The maximum atomic E-state index is 12.3. The molecule has 2 fully saturated rings. The zero-order chi connectivity index (χ0) is 16.8. The predicted molar refractivity (Wildman–Crippen MR) is 90.5 cm³/mol. The molecule has 0 bridgehead atoms. The van der Waals surface area contributed by atoms with E-state index >= 15 is 0 Å². The van der Waals surface area contributed by atoms with E-state index in [4.69, 9.17) is 14.5 Å². The Balaban J connectivity index is 1.66. The van der Waals surface area contributed by atoms with Crippen LogP contribution in [0.1, 0.15) is 37.2 Å². The molecular formula is C18H27N3O3. The fourth-order valence-electron chi connectivity index (χ4n) is 3.41. The van der Waals surface area contributed by atoms with E-state index in [1.807, 2.05) is 17.9 Å². The van der Waals surface area contributed by atoms with Crippen LogP contribution in [0.3, 0.4) is 0 Å². The van der Waals surface area contributed by atoms with Crippen LogP contribution in [0.4, 0.5) is 0 Å². The van der Waals surface area contributed by atoms with Gasteiger partial charge in [-0.1, -0.05) is 6.07 Å². The van der Waals surface area contributed by atoms with Crippen LogP contribution in [0.5, 0.6) is 0 Å². The van der Waals surface area contributed by atoms with Crippen LogP contribution in [0.25, 0.3) is 0 Å². The highest BCUT2D eigenvalue weighted by Crippen LogP contribution is 2.31. The number of ether oxygens (including phenoxy) is 2. The van der Waals surface area contributed by atoms with E-state index in [9.17, 15) is 4.79 Å². The fraction of sp³-hybridized carbons (Fsp3) is 0.667. The maximum Gasteiger partial charge on any atom is 0.249 e. The standard InChI is InChI=1S/C18H27N3O3/c1-2-23-14-18(22)21-8-4-7-17(21)16-6-3-5-15(19-16)13-20-9-11-24-12-10-20/h3,5-6,17H,2,4,7-14H2,1H3/t17-/m1/s1. The third-order valence-corrected chi connectivity index (χ3v) is 4.66. The largest absolute Gasteiger partial charge is 0.379 e. The summed E-state index contributed by atoms with van der Waals surface area (Å²) in [6.07, 6.45) is 2.00. The smallest absolute Gasteiger partial charge is 0.249 e. The van der Waals surface area contributed by atoms with Gasteiger partial charge in [-0.05, 0) is 31.9 Å². The van der Waals surface area contributed by atoms with Crippen molar-refractivity contribution in [2.45, 2.75) is 32.4 Å². The molecule has 0 aromatic carbocycles. The first-order valence-corrected chi connectivity index (χ1v) is 8.91. The quantitative estimate of drug-likeness (QED) is 0.792. The van der Waals surface area contributed by atoms with Crippen molar-refractivity contribution >= 4 is 5.91 Å². The normalized spacial score (nSPS) is 22.0. The molecule has 132 valence electrons. The summed E-state index contributed by atoms with van der Waals surface area (Å²) in [5.74, 6) is 0.0692. The number of carbonyl (C=O) groups excluding carboxylic acids is 1. The van der Waals surface area contributed by atoms with Crippen LogP contribution in [-0.4, -0.2) is 66.8 Å². The summed E-state index contributed by atoms with van der Waals surface area (Å²) in [7, 11) is 0. The number of carbonyl (C=O) groups is 1. The zero-order valence-electron chi connectivity index (χ0n) is 14.4. The van der Waals surface area contributed by atoms with Gasteiger partial charge in [-0.15, -0.1) is 0 Å². The molecule has 2 saturated heterocycles. The van der Waals surface area contributed by atoms with Crippen molar-refractivity contribution in [3.8, 4) is 0 Å². The Hall–Kier alpha value is -1.50. The second kappa shape index (κ2) is 8.55. The summed E-state index contributed by atoms with van der Waals surface area (Å²) in [5.41, 5.74) is 2.07. The van der Waals surface area contributed by atoms with Crippen LogP contribution in [0.2, 0.25) is 0 Å². The number of rotatable bonds is 6. The highest BCUT2D eigenvalue weighted by molar-refractivity contribution is 5.78. The average molecular weight is 333 g/mol. The van der Waals surface area contributed by atoms with E-state index < -0.39 is 0 Å². The summed E-state index contributed by atoms with van der Waals surface area (Å²) < 4.78 is 10.7. The molecular weight excluding hydrogens is 306 g/mol. The highest BCUT2D eigenvalue weighted by atomic mass is 16.5. The van der Waals surface area contributed by atoms with Crippen molar-refractivity contribution in [2.75, 3.05) is 46.1 Å². The molecule has 1 atom stereocenters. The Labute approximate surface area is 143 Å². The Kier molecular flexibility index (Phi) is 6.18. The third-order valence-electron chi connectivity index (χ3n) is 4.66. The Morgan fingerprint density at radius 1 is 1.33 bits per heavy atom. The molecule has 1 aromatic heterocycles. The number of hydrogen-bond donors (Lipinski definition) is 0. The van der Waals surface area contributed by atoms with E-state index in [-0.39, 0.29) is 18.6 Å². The average Bonchev–Trinajstić information content (AvgIpc) is 3.11. The van der Waals surface area contributed by atoms with Crippen LogP contribution in [-0.2, 0) is 20.8 Å². The molecule has 6 heteroatoms. The minimum Gasteiger partial charge on any atom is -0.379 e. The molecule has 0 N–H and O–H groups in total. The molecule has 1 amide bonds. The van der Waals surface area contributed by atoms with Crippen molar-refractivity contribution in [1.82, 2.24) is 14.8 Å². The Bertz CT molecular complexity index is 546. The monoisotopic (exact) mass is 333 g/mol. The van der Waals surface area contributed by atoms with E-state index in [1.54, 1.807) is 0 Å². The molecule has 1 aromatic rings. The van der Waals surface area contributed by atoms with Crippen LogP contribution < -0.4 is 0 Å². The lowest BCUT2D eigenvalue weighted by Gasteiger charge is -2.27. The molecule has 0 radical (unpaired) electrons. The molecule has 3 rings (SSSR count). The van der Waals surface area contributed by atoms with E-state index in [1.165, 1.54) is 0 Å². The summed E-state index contributed by atoms with van der Waals surface area (Å²) in [4.78, 5) is 21.5.